The average Bonchev–Trinajstić information content (AvgIpc) is 2.63. The van der Waals surface area contributed by atoms with Crippen LogP contribution in [0.2, 0.25) is 5.02 Å². The molecule has 1 nitrogen and oxygen atoms in total. The van der Waals surface area contributed by atoms with E-state index in [9.17, 15) is 4.39 Å². The molecule has 3 aromatic carbocycles. The van der Waals surface area contributed by atoms with Crippen LogP contribution in [0.3, 0.4) is 0 Å². The first-order valence-corrected chi connectivity index (χ1v) is 7.94. The van der Waals surface area contributed by atoms with Crippen LogP contribution in [0, 0.1) is 5.82 Å². The van der Waals surface area contributed by atoms with E-state index in [0.717, 1.165) is 16.7 Å². The first-order valence-electron chi connectivity index (χ1n) is 7.56. The number of halogens is 2. The van der Waals surface area contributed by atoms with Gasteiger partial charge in [-0.05, 0) is 41.5 Å². The number of ether oxygens (including phenoxy) is 1. The van der Waals surface area contributed by atoms with E-state index in [1.807, 2.05) is 48.5 Å². The van der Waals surface area contributed by atoms with Gasteiger partial charge in [-0.2, -0.15) is 0 Å². The van der Waals surface area contributed by atoms with E-state index in [1.54, 1.807) is 12.1 Å². The monoisotopic (exact) mass is 338 g/mol. The van der Waals surface area contributed by atoms with Crippen molar-refractivity contribution in [3.05, 3.63) is 95.3 Å². The lowest BCUT2D eigenvalue weighted by Crippen LogP contribution is -1.97. The summed E-state index contributed by atoms with van der Waals surface area (Å²) in [4.78, 5) is 0. The van der Waals surface area contributed by atoms with Crippen LogP contribution in [0.1, 0.15) is 11.1 Å². The second-order valence-corrected chi connectivity index (χ2v) is 5.77. The van der Waals surface area contributed by atoms with E-state index in [1.165, 1.54) is 12.1 Å². The van der Waals surface area contributed by atoms with Crippen molar-refractivity contribution in [2.75, 3.05) is 0 Å². The lowest BCUT2D eigenvalue weighted by Gasteiger charge is -2.14. The molecule has 0 fully saturated rings. The van der Waals surface area contributed by atoms with E-state index in [0.29, 0.717) is 22.9 Å². The maximum atomic E-state index is 13.7. The summed E-state index contributed by atoms with van der Waals surface area (Å²) >= 11 is 6.27. The molecule has 3 heteroatoms. The quantitative estimate of drug-likeness (QED) is 0.525. The molecule has 0 bridgehead atoms. The van der Waals surface area contributed by atoms with Gasteiger partial charge in [0.1, 0.15) is 18.2 Å². The average molecular weight is 339 g/mol. The molecule has 0 aromatic heterocycles. The summed E-state index contributed by atoms with van der Waals surface area (Å²) < 4.78 is 19.6. The van der Waals surface area contributed by atoms with Crippen molar-refractivity contribution in [3.8, 4) is 16.9 Å². The van der Waals surface area contributed by atoms with E-state index in [2.05, 4.69) is 6.58 Å². The summed E-state index contributed by atoms with van der Waals surface area (Å²) in [6.45, 7) is 4.21. The third-order valence-electron chi connectivity index (χ3n) is 3.70. The van der Waals surface area contributed by atoms with Gasteiger partial charge in [0.15, 0.2) is 0 Å². The maximum absolute atomic E-state index is 13.7. The predicted octanol–water partition coefficient (Wildman–Crippen LogP) is 6.37. The first-order chi connectivity index (χ1) is 11.7. The van der Waals surface area contributed by atoms with Crippen molar-refractivity contribution in [1.82, 2.24) is 0 Å². The number of hydrogen-bond acceptors (Lipinski definition) is 1. The van der Waals surface area contributed by atoms with Gasteiger partial charge < -0.3 is 4.74 Å². The number of hydrogen-bond donors (Lipinski definition) is 0. The molecule has 3 aromatic rings. The van der Waals surface area contributed by atoms with Crippen LogP contribution < -0.4 is 4.74 Å². The Kier molecular flexibility index (Phi) is 4.97. The van der Waals surface area contributed by atoms with Crippen molar-refractivity contribution in [2.45, 2.75) is 6.61 Å². The molecular weight excluding hydrogens is 323 g/mol. The fraction of sp³-hybridized carbons (Fsp3) is 0.0476. The zero-order valence-electron chi connectivity index (χ0n) is 13.0. The summed E-state index contributed by atoms with van der Waals surface area (Å²) in [6.07, 6.45) is 1.73. The van der Waals surface area contributed by atoms with Gasteiger partial charge in [0.2, 0.25) is 0 Å². The minimum absolute atomic E-state index is 0.340. The van der Waals surface area contributed by atoms with Crippen LogP contribution in [0.4, 0.5) is 4.39 Å². The first kappa shape index (κ1) is 16.3. The van der Waals surface area contributed by atoms with Crippen LogP contribution >= 0.6 is 11.6 Å². The fourth-order valence-electron chi connectivity index (χ4n) is 2.45. The van der Waals surface area contributed by atoms with Gasteiger partial charge in [0.05, 0.1) is 0 Å². The molecule has 0 heterocycles. The van der Waals surface area contributed by atoms with Crippen molar-refractivity contribution in [1.29, 1.82) is 0 Å². The molecule has 0 unspecified atom stereocenters. The summed E-state index contributed by atoms with van der Waals surface area (Å²) in [5.74, 6) is 0.310. The summed E-state index contributed by atoms with van der Waals surface area (Å²) in [7, 11) is 0. The Bertz CT molecular complexity index is 859. The molecule has 0 radical (unpaired) electrons. The third kappa shape index (κ3) is 3.66. The second kappa shape index (κ2) is 7.33. The van der Waals surface area contributed by atoms with E-state index >= 15 is 0 Å². The highest BCUT2D eigenvalue weighted by molar-refractivity contribution is 6.33. The van der Waals surface area contributed by atoms with Gasteiger partial charge in [0, 0.05) is 16.1 Å². The topological polar surface area (TPSA) is 9.23 Å². The van der Waals surface area contributed by atoms with Crippen LogP contribution in [0.5, 0.6) is 5.75 Å². The normalized spacial score (nSPS) is 10.4. The SMILES string of the molecule is C=Cc1ccc(OCc2ccccc2)c(-c2cc(F)ccc2Cl)c1. The number of rotatable bonds is 5. The van der Waals surface area contributed by atoms with E-state index in [-0.39, 0.29) is 5.82 Å². The zero-order chi connectivity index (χ0) is 16.9. The highest BCUT2D eigenvalue weighted by Gasteiger charge is 2.12. The predicted molar refractivity (Wildman–Crippen MR) is 97.7 cm³/mol. The Balaban J connectivity index is 2.00. The molecule has 3 rings (SSSR count). The molecule has 0 spiro atoms. The molecule has 0 saturated heterocycles. The fourth-order valence-corrected chi connectivity index (χ4v) is 2.67. The summed E-state index contributed by atoms with van der Waals surface area (Å²) in [5, 5.41) is 0.474. The molecule has 120 valence electrons. The molecule has 0 amide bonds. The van der Waals surface area contributed by atoms with Crippen LogP contribution in [-0.2, 0) is 6.61 Å². The zero-order valence-corrected chi connectivity index (χ0v) is 13.8. The highest BCUT2D eigenvalue weighted by atomic mass is 35.5. The molecular formula is C21H16ClFO. The largest absolute Gasteiger partial charge is 0.488 e. The van der Waals surface area contributed by atoms with Crippen LogP contribution in [0.15, 0.2) is 73.3 Å². The number of benzene rings is 3. The Morgan fingerprint density at radius 2 is 1.75 bits per heavy atom. The minimum Gasteiger partial charge on any atom is -0.488 e. The van der Waals surface area contributed by atoms with Crippen molar-refractivity contribution >= 4 is 17.7 Å². The molecule has 0 aliphatic heterocycles. The lowest BCUT2D eigenvalue weighted by molar-refractivity contribution is 0.307. The van der Waals surface area contributed by atoms with E-state index < -0.39 is 0 Å². The van der Waals surface area contributed by atoms with Crippen molar-refractivity contribution < 1.29 is 9.13 Å². The van der Waals surface area contributed by atoms with E-state index in [4.69, 9.17) is 16.3 Å². The Morgan fingerprint density at radius 1 is 0.958 bits per heavy atom. The van der Waals surface area contributed by atoms with Gasteiger partial charge in [-0.15, -0.1) is 0 Å². The Hall–Kier alpha value is -2.58. The van der Waals surface area contributed by atoms with Gasteiger partial charge in [0.25, 0.3) is 0 Å². The Morgan fingerprint density at radius 3 is 2.50 bits per heavy atom. The minimum atomic E-state index is -0.340. The summed E-state index contributed by atoms with van der Waals surface area (Å²) in [6, 6.07) is 19.8. The molecule has 0 aliphatic rings. The third-order valence-corrected chi connectivity index (χ3v) is 4.02. The molecule has 0 saturated carbocycles. The van der Waals surface area contributed by atoms with Crippen LogP contribution in [0.25, 0.3) is 17.2 Å². The van der Waals surface area contributed by atoms with Gasteiger partial charge in [-0.3, -0.25) is 0 Å². The molecule has 0 N–H and O–H groups in total. The standard InChI is InChI=1S/C21H16ClFO/c1-2-15-8-11-21(24-14-16-6-4-3-5-7-16)19(12-15)18-13-17(23)9-10-20(18)22/h2-13H,1,14H2. The highest BCUT2D eigenvalue weighted by Crippen LogP contribution is 2.36. The van der Waals surface area contributed by atoms with Gasteiger partial charge >= 0.3 is 0 Å². The Labute approximate surface area is 146 Å². The summed E-state index contributed by atoms with van der Waals surface area (Å²) in [5.41, 5.74) is 3.32. The molecule has 0 aliphatic carbocycles. The van der Waals surface area contributed by atoms with Crippen LogP contribution in [-0.4, -0.2) is 0 Å². The maximum Gasteiger partial charge on any atom is 0.127 e. The molecule has 24 heavy (non-hydrogen) atoms. The lowest BCUT2D eigenvalue weighted by atomic mass is 10.0. The van der Waals surface area contributed by atoms with Crippen molar-refractivity contribution in [3.63, 3.8) is 0 Å². The van der Waals surface area contributed by atoms with Gasteiger partial charge in [-0.25, -0.2) is 4.39 Å². The second-order valence-electron chi connectivity index (χ2n) is 5.36. The van der Waals surface area contributed by atoms with Gasteiger partial charge in [-0.1, -0.05) is 60.7 Å². The molecule has 0 atom stereocenters. The smallest absolute Gasteiger partial charge is 0.127 e. The van der Waals surface area contributed by atoms with Crippen molar-refractivity contribution in [2.24, 2.45) is 0 Å².